The molecule has 0 fully saturated rings. The minimum Gasteiger partial charge on any atom is -0.350 e. The number of nitrogens with zero attached hydrogens (tertiary/aromatic N) is 1. The lowest BCUT2D eigenvalue weighted by Gasteiger charge is -2.25. The van der Waals surface area contributed by atoms with Gasteiger partial charge in [0.15, 0.2) is 9.84 Å². The Kier molecular flexibility index (Phi) is 7.03. The van der Waals surface area contributed by atoms with Crippen LogP contribution in [-0.2, 0) is 9.84 Å². The number of sulfone groups is 1. The molecule has 0 saturated carbocycles. The fourth-order valence-electron chi connectivity index (χ4n) is 2.71. The van der Waals surface area contributed by atoms with E-state index in [0.717, 1.165) is 5.56 Å². The van der Waals surface area contributed by atoms with E-state index in [9.17, 15) is 13.2 Å². The zero-order chi connectivity index (χ0) is 20.2. The standard InChI is InChI=1S/C20H25ClN2O3S/c1-5-27(25,26)16-10-11-18(21)17(12-16)20(24)22-13-19(23(3)4)15-8-6-14(2)7-9-15/h6-12,19H,5,13H2,1-4H3,(H,22,24). The van der Waals surface area contributed by atoms with E-state index >= 15 is 0 Å². The van der Waals surface area contributed by atoms with Gasteiger partial charge >= 0.3 is 0 Å². The molecule has 0 spiro atoms. The molecule has 1 atom stereocenters. The number of carbonyl (C=O) groups is 1. The van der Waals surface area contributed by atoms with E-state index in [-0.39, 0.29) is 27.3 Å². The van der Waals surface area contributed by atoms with Crippen LogP contribution in [0.15, 0.2) is 47.4 Å². The molecule has 0 radical (unpaired) electrons. The number of likely N-dealkylation sites (N-methyl/N-ethyl adjacent to an activating group) is 1. The van der Waals surface area contributed by atoms with Crippen molar-refractivity contribution in [1.29, 1.82) is 0 Å². The lowest BCUT2D eigenvalue weighted by Crippen LogP contribution is -2.34. The zero-order valence-electron chi connectivity index (χ0n) is 16.0. The van der Waals surface area contributed by atoms with Gasteiger partial charge in [0.2, 0.25) is 0 Å². The van der Waals surface area contributed by atoms with Gasteiger partial charge in [0.05, 0.1) is 27.3 Å². The number of halogens is 1. The molecule has 2 rings (SSSR count). The maximum Gasteiger partial charge on any atom is 0.252 e. The molecule has 27 heavy (non-hydrogen) atoms. The second-order valence-corrected chi connectivity index (χ2v) is 9.33. The third-order valence-electron chi connectivity index (χ3n) is 4.46. The number of benzene rings is 2. The summed E-state index contributed by atoms with van der Waals surface area (Å²) in [5.74, 6) is -0.432. The number of hydrogen-bond donors (Lipinski definition) is 1. The molecule has 2 aromatic rings. The highest BCUT2D eigenvalue weighted by Crippen LogP contribution is 2.22. The van der Waals surface area contributed by atoms with Crippen molar-refractivity contribution in [2.45, 2.75) is 24.8 Å². The summed E-state index contributed by atoms with van der Waals surface area (Å²) in [5, 5.41) is 3.09. The molecular weight excluding hydrogens is 384 g/mol. The Bertz CT molecular complexity index is 909. The van der Waals surface area contributed by atoms with Gasteiger partial charge in [-0.15, -0.1) is 0 Å². The van der Waals surface area contributed by atoms with Crippen LogP contribution in [0, 0.1) is 6.92 Å². The topological polar surface area (TPSA) is 66.5 Å². The first-order valence-corrected chi connectivity index (χ1v) is 10.7. The molecule has 1 amide bonds. The Morgan fingerprint density at radius 1 is 1.15 bits per heavy atom. The lowest BCUT2D eigenvalue weighted by molar-refractivity contribution is 0.0942. The maximum absolute atomic E-state index is 12.6. The van der Waals surface area contributed by atoms with Crippen molar-refractivity contribution in [1.82, 2.24) is 10.2 Å². The van der Waals surface area contributed by atoms with Gasteiger partial charge in [0, 0.05) is 6.54 Å². The summed E-state index contributed by atoms with van der Waals surface area (Å²) in [6.07, 6.45) is 0. The van der Waals surface area contributed by atoms with Gasteiger partial charge in [-0.1, -0.05) is 48.4 Å². The smallest absolute Gasteiger partial charge is 0.252 e. The van der Waals surface area contributed by atoms with E-state index in [4.69, 9.17) is 11.6 Å². The summed E-state index contributed by atoms with van der Waals surface area (Å²) in [4.78, 5) is 14.8. The molecular formula is C20H25ClN2O3S. The molecule has 1 unspecified atom stereocenters. The van der Waals surface area contributed by atoms with Crippen molar-refractivity contribution < 1.29 is 13.2 Å². The van der Waals surface area contributed by atoms with Crippen molar-refractivity contribution in [3.8, 4) is 0 Å². The van der Waals surface area contributed by atoms with Crippen molar-refractivity contribution >= 4 is 27.3 Å². The van der Waals surface area contributed by atoms with Crippen molar-refractivity contribution in [2.75, 3.05) is 26.4 Å². The molecule has 2 aromatic carbocycles. The Morgan fingerprint density at radius 2 is 1.78 bits per heavy atom. The minimum atomic E-state index is -3.41. The number of amides is 1. The Balaban J connectivity index is 2.21. The third-order valence-corrected chi connectivity index (χ3v) is 6.52. The van der Waals surface area contributed by atoms with Crippen molar-refractivity contribution in [2.24, 2.45) is 0 Å². The average molecular weight is 409 g/mol. The summed E-state index contributed by atoms with van der Waals surface area (Å²) in [7, 11) is 0.475. The molecule has 146 valence electrons. The SMILES string of the molecule is CCS(=O)(=O)c1ccc(Cl)c(C(=O)NCC(c2ccc(C)cc2)N(C)C)c1. The number of nitrogens with one attached hydrogen (secondary N) is 1. The largest absolute Gasteiger partial charge is 0.350 e. The Morgan fingerprint density at radius 3 is 2.33 bits per heavy atom. The van der Waals surface area contributed by atoms with Gasteiger partial charge in [-0.2, -0.15) is 0 Å². The summed E-state index contributed by atoms with van der Waals surface area (Å²) in [6, 6.07) is 12.3. The number of aryl methyl sites for hydroxylation is 1. The molecule has 0 aliphatic rings. The fraction of sp³-hybridized carbons (Fsp3) is 0.350. The van der Waals surface area contributed by atoms with Crippen LogP contribution in [0.25, 0.3) is 0 Å². The fourth-order valence-corrected chi connectivity index (χ4v) is 3.82. The van der Waals surface area contributed by atoms with Crippen LogP contribution in [0.3, 0.4) is 0 Å². The molecule has 0 heterocycles. The van der Waals surface area contributed by atoms with Crippen LogP contribution in [0.4, 0.5) is 0 Å². The highest BCUT2D eigenvalue weighted by Gasteiger charge is 2.20. The number of hydrogen-bond acceptors (Lipinski definition) is 4. The lowest BCUT2D eigenvalue weighted by atomic mass is 10.0. The van der Waals surface area contributed by atoms with Gasteiger partial charge < -0.3 is 10.2 Å². The summed E-state index contributed by atoms with van der Waals surface area (Å²) in [6.45, 7) is 3.96. The van der Waals surface area contributed by atoms with E-state index in [1.54, 1.807) is 6.92 Å². The van der Waals surface area contributed by atoms with Crippen LogP contribution in [0.5, 0.6) is 0 Å². The molecule has 5 nitrogen and oxygen atoms in total. The average Bonchev–Trinajstić information content (AvgIpc) is 2.63. The van der Waals surface area contributed by atoms with Crippen molar-refractivity contribution in [3.63, 3.8) is 0 Å². The van der Waals surface area contributed by atoms with Crippen LogP contribution in [0.2, 0.25) is 5.02 Å². The predicted octanol–water partition coefficient (Wildman–Crippen LogP) is 3.47. The van der Waals surface area contributed by atoms with E-state index in [1.165, 1.54) is 23.8 Å². The zero-order valence-corrected chi connectivity index (χ0v) is 17.6. The van der Waals surface area contributed by atoms with E-state index < -0.39 is 15.7 Å². The molecule has 7 heteroatoms. The van der Waals surface area contributed by atoms with E-state index in [1.807, 2.05) is 50.2 Å². The normalized spacial score (nSPS) is 12.8. The van der Waals surface area contributed by atoms with E-state index in [2.05, 4.69) is 5.32 Å². The van der Waals surface area contributed by atoms with Gasteiger partial charge in [-0.25, -0.2) is 8.42 Å². The maximum atomic E-state index is 12.6. The third kappa shape index (κ3) is 5.31. The van der Waals surface area contributed by atoms with Crippen molar-refractivity contribution in [3.05, 3.63) is 64.2 Å². The molecule has 1 N–H and O–H groups in total. The molecule has 0 aliphatic heterocycles. The van der Waals surface area contributed by atoms with Crippen LogP contribution >= 0.6 is 11.6 Å². The first-order chi connectivity index (χ1) is 12.7. The molecule has 0 aromatic heterocycles. The second-order valence-electron chi connectivity index (χ2n) is 6.65. The number of rotatable bonds is 7. The highest BCUT2D eigenvalue weighted by atomic mass is 35.5. The van der Waals surface area contributed by atoms with Gasteiger partial charge in [0.1, 0.15) is 0 Å². The predicted molar refractivity (Wildman–Crippen MR) is 109 cm³/mol. The Hall–Kier alpha value is -1.89. The molecule has 0 saturated heterocycles. The minimum absolute atomic E-state index is 0.0177. The summed E-state index contributed by atoms with van der Waals surface area (Å²) >= 11 is 6.13. The second kappa shape index (κ2) is 8.87. The monoisotopic (exact) mass is 408 g/mol. The Labute approximate surface area is 166 Å². The van der Waals surface area contributed by atoms with Gasteiger partial charge in [-0.3, -0.25) is 4.79 Å². The highest BCUT2D eigenvalue weighted by molar-refractivity contribution is 7.91. The van der Waals surface area contributed by atoms with Crippen LogP contribution in [0.1, 0.15) is 34.5 Å². The quantitative estimate of drug-likeness (QED) is 0.761. The summed E-state index contributed by atoms with van der Waals surface area (Å²) in [5.41, 5.74) is 2.41. The first-order valence-electron chi connectivity index (χ1n) is 8.69. The van der Waals surface area contributed by atoms with E-state index in [0.29, 0.717) is 6.54 Å². The molecule has 0 aliphatic carbocycles. The van der Waals surface area contributed by atoms with Gasteiger partial charge in [0.25, 0.3) is 5.91 Å². The first kappa shape index (κ1) is 21.4. The molecule has 0 bridgehead atoms. The van der Waals surface area contributed by atoms with Crippen LogP contribution in [-0.4, -0.2) is 45.6 Å². The summed E-state index contributed by atoms with van der Waals surface area (Å²) < 4.78 is 24.1. The van der Waals surface area contributed by atoms with Gasteiger partial charge in [-0.05, 0) is 44.8 Å². The van der Waals surface area contributed by atoms with Crippen LogP contribution < -0.4 is 5.32 Å². The number of carbonyl (C=O) groups excluding carboxylic acids is 1.